The third-order valence-corrected chi connectivity index (χ3v) is 12.8. The number of aromatic nitrogens is 1. The third kappa shape index (κ3) is 6.33. The molecule has 9 rings (SSSR count). The molecule has 6 heterocycles. The SMILES string of the molecule is CNS(=O)(=O)CCc1ccc2[nH]cc(C3CCN(C)CC3)c2c1.O=C1c2cccc3c2[C@H](CCC3)CN1[C@@H]1CN2CCC1CC2. The standard InChI is InChI=1S/C19H24N2O.C17H25N3O2S/c22-19-16-6-2-4-14-3-1-5-15(18(14)16)11-21(19)17-12-20-9-7-13(17)8-10-20;1-18-23(21,22)10-7-13-3-4-17-15(11-13)16(12-19-17)14-5-8-20(2)9-6-14/h2,4,6,13,15,17H,1,3,5,7-12H2;3-4,11-12,14,18-19H,5-10H2,1-2H3/t15-,17-;/m1./s1. The van der Waals surface area contributed by atoms with Crippen LogP contribution in [-0.4, -0.2) is 99.2 Å². The summed E-state index contributed by atoms with van der Waals surface area (Å²) in [5.41, 5.74) is 7.45. The molecule has 0 radical (unpaired) electrons. The second-order valence-electron chi connectivity index (χ2n) is 14.1. The molecule has 8 nitrogen and oxygen atoms in total. The molecule has 6 aliphatic rings. The highest BCUT2D eigenvalue weighted by atomic mass is 32.2. The van der Waals surface area contributed by atoms with E-state index in [4.69, 9.17) is 0 Å². The number of nitrogens with one attached hydrogen (secondary N) is 2. The van der Waals surface area contributed by atoms with Gasteiger partial charge in [-0.1, -0.05) is 18.2 Å². The Hall–Kier alpha value is -2.72. The van der Waals surface area contributed by atoms with Gasteiger partial charge in [-0.25, -0.2) is 13.1 Å². The number of fused-ring (bicyclic) bond motifs is 4. The maximum atomic E-state index is 13.1. The van der Waals surface area contributed by atoms with Gasteiger partial charge >= 0.3 is 0 Å². The number of aryl methyl sites for hydroxylation is 2. The largest absolute Gasteiger partial charge is 0.361 e. The molecule has 3 aromatic rings. The van der Waals surface area contributed by atoms with Crippen molar-refractivity contribution in [3.8, 4) is 0 Å². The van der Waals surface area contributed by atoms with Gasteiger partial charge in [0.2, 0.25) is 10.0 Å². The zero-order chi connectivity index (χ0) is 31.1. The molecule has 1 amide bonds. The molecule has 4 saturated heterocycles. The van der Waals surface area contributed by atoms with Gasteiger partial charge < -0.3 is 19.7 Å². The van der Waals surface area contributed by atoms with Crippen molar-refractivity contribution in [1.82, 2.24) is 24.4 Å². The maximum Gasteiger partial charge on any atom is 0.254 e. The number of H-pyrrole nitrogens is 1. The zero-order valence-electron chi connectivity index (χ0n) is 26.9. The first-order valence-electron chi connectivity index (χ1n) is 17.1. The fraction of sp³-hybridized carbons (Fsp3) is 0.583. The van der Waals surface area contributed by atoms with E-state index in [2.05, 4.69) is 68.0 Å². The van der Waals surface area contributed by atoms with Crippen molar-refractivity contribution in [3.05, 3.63) is 70.4 Å². The van der Waals surface area contributed by atoms with E-state index in [1.807, 2.05) is 6.07 Å². The van der Waals surface area contributed by atoms with E-state index in [0.29, 0.717) is 30.2 Å². The monoisotopic (exact) mass is 631 g/mol. The number of sulfonamides is 1. The van der Waals surface area contributed by atoms with Gasteiger partial charge in [0.1, 0.15) is 0 Å². The van der Waals surface area contributed by atoms with Crippen LogP contribution in [0.4, 0.5) is 0 Å². The molecule has 0 unspecified atom stereocenters. The lowest BCUT2D eigenvalue weighted by Crippen LogP contribution is -2.60. The van der Waals surface area contributed by atoms with Gasteiger partial charge in [-0.2, -0.15) is 0 Å². The van der Waals surface area contributed by atoms with E-state index < -0.39 is 10.0 Å². The molecule has 1 aliphatic carbocycles. The Kier molecular flexibility index (Phi) is 8.81. The molecule has 0 saturated carbocycles. The van der Waals surface area contributed by atoms with E-state index in [-0.39, 0.29) is 5.75 Å². The molecule has 45 heavy (non-hydrogen) atoms. The molecule has 0 spiro atoms. The summed E-state index contributed by atoms with van der Waals surface area (Å²) in [5, 5.41) is 1.25. The molecular weight excluding hydrogens is 582 g/mol. The summed E-state index contributed by atoms with van der Waals surface area (Å²) in [4.78, 5) is 23.7. The topological polar surface area (TPSA) is 88.8 Å². The van der Waals surface area contributed by atoms with Crippen LogP contribution in [0.1, 0.15) is 83.0 Å². The first kappa shape index (κ1) is 30.9. The van der Waals surface area contributed by atoms with Gasteiger partial charge in [0, 0.05) is 47.7 Å². The van der Waals surface area contributed by atoms with Gasteiger partial charge in [0.25, 0.3) is 5.91 Å². The van der Waals surface area contributed by atoms with Gasteiger partial charge in [-0.15, -0.1) is 0 Å². The van der Waals surface area contributed by atoms with E-state index in [1.54, 1.807) is 0 Å². The fourth-order valence-corrected chi connectivity index (χ4v) is 9.48. The van der Waals surface area contributed by atoms with Crippen LogP contribution < -0.4 is 4.72 Å². The van der Waals surface area contributed by atoms with Crippen LogP contribution in [0.2, 0.25) is 0 Å². The summed E-state index contributed by atoms with van der Waals surface area (Å²) in [6.07, 6.45) is 11.3. The smallest absolute Gasteiger partial charge is 0.254 e. The number of carbonyl (C=O) groups is 1. The Morgan fingerprint density at radius 1 is 0.956 bits per heavy atom. The second-order valence-corrected chi connectivity index (χ2v) is 16.2. The molecule has 9 heteroatoms. The van der Waals surface area contributed by atoms with Gasteiger partial charge in [-0.05, 0) is 144 Å². The predicted molar refractivity (Wildman–Crippen MR) is 180 cm³/mol. The molecule has 2 N–H and O–H groups in total. The van der Waals surface area contributed by atoms with Gasteiger partial charge in [-0.3, -0.25) is 4.79 Å². The van der Waals surface area contributed by atoms with Crippen LogP contribution in [0.25, 0.3) is 10.9 Å². The summed E-state index contributed by atoms with van der Waals surface area (Å²) in [6, 6.07) is 13.1. The number of amides is 1. The van der Waals surface area contributed by atoms with Crippen LogP contribution in [0.15, 0.2) is 42.6 Å². The maximum absolute atomic E-state index is 13.1. The van der Waals surface area contributed by atoms with Crippen molar-refractivity contribution >= 4 is 26.8 Å². The van der Waals surface area contributed by atoms with Crippen LogP contribution in [0, 0.1) is 5.92 Å². The number of hydrogen-bond donors (Lipinski definition) is 2. The number of aromatic amines is 1. The first-order valence-corrected chi connectivity index (χ1v) is 18.8. The molecule has 2 aromatic carbocycles. The lowest BCUT2D eigenvalue weighted by Gasteiger charge is -2.51. The molecular formula is C36H49N5O3S. The molecule has 2 bridgehead atoms. The van der Waals surface area contributed by atoms with Crippen LogP contribution in [0.3, 0.4) is 0 Å². The van der Waals surface area contributed by atoms with E-state index in [9.17, 15) is 13.2 Å². The summed E-state index contributed by atoms with van der Waals surface area (Å²) in [7, 11) is 0.476. The van der Waals surface area contributed by atoms with E-state index in [0.717, 1.165) is 55.2 Å². The minimum atomic E-state index is -3.16. The molecule has 1 aromatic heterocycles. The molecule has 242 valence electrons. The van der Waals surface area contributed by atoms with Crippen molar-refractivity contribution in [3.63, 3.8) is 0 Å². The van der Waals surface area contributed by atoms with E-state index in [1.165, 1.54) is 80.7 Å². The lowest BCUT2D eigenvalue weighted by atomic mass is 9.75. The Labute approximate surface area is 268 Å². The normalized spacial score (nSPS) is 26.9. The molecule has 2 atom stereocenters. The number of likely N-dealkylation sites (tertiary alicyclic amines) is 1. The van der Waals surface area contributed by atoms with Crippen LogP contribution in [-0.2, 0) is 22.9 Å². The van der Waals surface area contributed by atoms with Crippen molar-refractivity contribution < 1.29 is 13.2 Å². The first-order chi connectivity index (χ1) is 21.8. The van der Waals surface area contributed by atoms with Crippen molar-refractivity contribution in [1.29, 1.82) is 0 Å². The molecule has 4 fully saturated rings. The Morgan fingerprint density at radius 2 is 1.76 bits per heavy atom. The Bertz CT molecular complexity index is 1640. The quantitative estimate of drug-likeness (QED) is 0.411. The highest BCUT2D eigenvalue weighted by Crippen LogP contribution is 2.41. The predicted octanol–water partition coefficient (Wildman–Crippen LogP) is 4.73. The van der Waals surface area contributed by atoms with Crippen molar-refractivity contribution in [2.75, 3.05) is 59.1 Å². The second kappa shape index (κ2) is 12.8. The van der Waals surface area contributed by atoms with E-state index >= 15 is 0 Å². The average Bonchev–Trinajstić information content (AvgIpc) is 3.50. The van der Waals surface area contributed by atoms with Crippen LogP contribution in [0.5, 0.6) is 0 Å². The number of carbonyl (C=O) groups excluding carboxylic acids is 1. The average molecular weight is 632 g/mol. The number of hydrogen-bond acceptors (Lipinski definition) is 5. The van der Waals surface area contributed by atoms with Gasteiger partial charge in [0.05, 0.1) is 5.75 Å². The van der Waals surface area contributed by atoms with Crippen molar-refractivity contribution in [2.45, 2.75) is 69.2 Å². The number of nitrogens with zero attached hydrogens (tertiary/aromatic N) is 3. The highest BCUT2D eigenvalue weighted by molar-refractivity contribution is 7.89. The Morgan fingerprint density at radius 3 is 2.49 bits per heavy atom. The number of piperidine rings is 4. The van der Waals surface area contributed by atoms with Crippen molar-refractivity contribution in [2.24, 2.45) is 5.92 Å². The summed E-state index contributed by atoms with van der Waals surface area (Å²) in [5.74, 6) is 2.36. The zero-order valence-corrected chi connectivity index (χ0v) is 27.7. The summed E-state index contributed by atoms with van der Waals surface area (Å²) < 4.78 is 25.6. The minimum absolute atomic E-state index is 0.128. The van der Waals surface area contributed by atoms with Crippen LogP contribution >= 0.6 is 0 Å². The lowest BCUT2D eigenvalue weighted by molar-refractivity contribution is 0.00258. The third-order valence-electron chi connectivity index (χ3n) is 11.4. The van der Waals surface area contributed by atoms with Gasteiger partial charge in [0.15, 0.2) is 0 Å². The number of rotatable bonds is 6. The fourth-order valence-electron chi connectivity index (χ4n) is 8.77. The Balaban J connectivity index is 0.000000145. The molecule has 5 aliphatic heterocycles. The summed E-state index contributed by atoms with van der Waals surface area (Å²) in [6.45, 7) is 6.84. The number of benzene rings is 2. The minimum Gasteiger partial charge on any atom is -0.361 e. The summed E-state index contributed by atoms with van der Waals surface area (Å²) >= 11 is 0. The highest BCUT2D eigenvalue weighted by Gasteiger charge is 2.43.